The Morgan fingerprint density at radius 2 is 1.72 bits per heavy atom. The third kappa shape index (κ3) is 4.69. The molecule has 0 atom stereocenters. The van der Waals surface area contributed by atoms with Crippen LogP contribution >= 0.6 is 0 Å². The number of carbonyl (C=O) groups excluding carboxylic acids is 1. The summed E-state index contributed by atoms with van der Waals surface area (Å²) in [6.45, 7) is 4.24. The number of nitrogens with one attached hydrogen (secondary N) is 1. The number of rotatable bonds is 4. The van der Waals surface area contributed by atoms with Gasteiger partial charge < -0.3 is 10.2 Å². The van der Waals surface area contributed by atoms with Crippen LogP contribution in [0.2, 0.25) is 0 Å². The lowest BCUT2D eigenvalue weighted by molar-refractivity contribution is 0.0654. The lowest BCUT2D eigenvalue weighted by Gasteiger charge is -2.35. The Kier molecular flexibility index (Phi) is 5.82. The second-order valence-electron chi connectivity index (χ2n) is 8.00. The minimum atomic E-state index is -3.75. The predicted molar refractivity (Wildman–Crippen MR) is 121 cm³/mol. The van der Waals surface area contributed by atoms with Crippen molar-refractivity contribution >= 4 is 37.3 Å². The van der Waals surface area contributed by atoms with Crippen molar-refractivity contribution in [3.05, 3.63) is 53.6 Å². The maximum Gasteiger partial charge on any atom is 0.286 e. The smallest absolute Gasteiger partial charge is 0.286 e. The van der Waals surface area contributed by atoms with E-state index in [-0.39, 0.29) is 15.7 Å². The highest BCUT2D eigenvalue weighted by Gasteiger charge is 2.28. The second-order valence-corrected chi connectivity index (χ2v) is 11.6. The van der Waals surface area contributed by atoms with Gasteiger partial charge in [-0.3, -0.25) is 9.69 Å². The summed E-state index contributed by atoms with van der Waals surface area (Å²) in [7, 11) is -7.06. The average molecular weight is 477 g/mol. The number of sulfonamides is 1. The van der Waals surface area contributed by atoms with Gasteiger partial charge in [0, 0.05) is 38.0 Å². The molecular formula is C21H24N4O5S2. The predicted octanol–water partition coefficient (Wildman–Crippen LogP) is 1.37. The van der Waals surface area contributed by atoms with Gasteiger partial charge in [0.1, 0.15) is 10.7 Å². The van der Waals surface area contributed by atoms with Crippen molar-refractivity contribution in [1.82, 2.24) is 9.80 Å². The van der Waals surface area contributed by atoms with Crippen molar-refractivity contribution < 1.29 is 21.6 Å². The summed E-state index contributed by atoms with van der Waals surface area (Å²) in [6.07, 6.45) is 1.12. The van der Waals surface area contributed by atoms with Gasteiger partial charge in [-0.15, -0.1) is 4.40 Å². The quantitative estimate of drug-likeness (QED) is 0.708. The molecule has 4 rings (SSSR count). The first-order valence-corrected chi connectivity index (χ1v) is 13.4. The largest absolute Gasteiger partial charge is 0.341 e. The maximum absolute atomic E-state index is 12.7. The molecule has 0 bridgehead atoms. The normalized spacial score (nSPS) is 18.4. The van der Waals surface area contributed by atoms with Crippen LogP contribution in [0.15, 0.2) is 56.7 Å². The maximum atomic E-state index is 12.7. The van der Waals surface area contributed by atoms with E-state index in [1.54, 1.807) is 17.0 Å². The van der Waals surface area contributed by atoms with Crippen LogP contribution in [0.25, 0.3) is 0 Å². The summed E-state index contributed by atoms with van der Waals surface area (Å²) in [5, 5.41) is 3.10. The highest BCUT2D eigenvalue weighted by Crippen LogP contribution is 2.28. The van der Waals surface area contributed by atoms with Gasteiger partial charge in [-0.2, -0.15) is 8.42 Å². The summed E-state index contributed by atoms with van der Waals surface area (Å²) in [4.78, 5) is 16.8. The zero-order chi connectivity index (χ0) is 23.1. The molecule has 2 aliphatic heterocycles. The molecule has 2 aliphatic rings. The molecule has 1 saturated heterocycles. The fraction of sp³-hybridized carbons (Fsp3) is 0.333. The number of hydrogen-bond donors (Lipinski definition) is 1. The van der Waals surface area contributed by atoms with E-state index in [2.05, 4.69) is 9.71 Å². The minimum Gasteiger partial charge on any atom is -0.341 e. The van der Waals surface area contributed by atoms with Crippen molar-refractivity contribution in [2.24, 2.45) is 4.40 Å². The van der Waals surface area contributed by atoms with E-state index in [9.17, 15) is 21.6 Å². The molecule has 2 heterocycles. The number of benzene rings is 2. The zero-order valence-electron chi connectivity index (χ0n) is 17.8. The lowest BCUT2D eigenvalue weighted by atomic mass is 10.2. The van der Waals surface area contributed by atoms with E-state index < -0.39 is 19.9 Å². The summed E-state index contributed by atoms with van der Waals surface area (Å²) in [6, 6.07) is 11.1. The Morgan fingerprint density at radius 3 is 2.34 bits per heavy atom. The molecule has 11 heteroatoms. The number of nitrogens with zero attached hydrogens (tertiary/aromatic N) is 3. The molecular weight excluding hydrogens is 452 g/mol. The van der Waals surface area contributed by atoms with Gasteiger partial charge in [0.2, 0.25) is 0 Å². The molecule has 2 aromatic rings. The Balaban J connectivity index is 1.38. The third-order valence-corrected chi connectivity index (χ3v) is 7.97. The van der Waals surface area contributed by atoms with Crippen LogP contribution in [-0.4, -0.2) is 77.4 Å². The molecule has 9 nitrogen and oxygen atoms in total. The van der Waals surface area contributed by atoms with Crippen molar-refractivity contribution in [3.8, 4) is 0 Å². The third-order valence-electron chi connectivity index (χ3n) is 5.49. The number of hydrogen-bond acceptors (Lipinski definition) is 7. The summed E-state index contributed by atoms with van der Waals surface area (Å²) < 4.78 is 52.1. The van der Waals surface area contributed by atoms with Gasteiger partial charge in [-0.1, -0.05) is 6.07 Å². The van der Waals surface area contributed by atoms with Crippen LogP contribution in [0.5, 0.6) is 0 Å². The van der Waals surface area contributed by atoms with E-state index in [1.165, 1.54) is 24.3 Å². The Bertz CT molecular complexity index is 1290. The highest BCUT2D eigenvalue weighted by molar-refractivity contribution is 7.91. The van der Waals surface area contributed by atoms with E-state index in [1.807, 2.05) is 17.9 Å². The molecule has 0 unspecified atom stereocenters. The summed E-state index contributed by atoms with van der Waals surface area (Å²) in [5.74, 6) is 0.196. The number of amides is 1. The molecule has 0 spiro atoms. The molecule has 170 valence electrons. The van der Waals surface area contributed by atoms with Gasteiger partial charge in [0.05, 0.1) is 17.1 Å². The van der Waals surface area contributed by atoms with E-state index in [4.69, 9.17) is 0 Å². The van der Waals surface area contributed by atoms with E-state index in [0.29, 0.717) is 49.8 Å². The number of fused-ring (bicyclic) bond motifs is 1. The Labute approximate surface area is 187 Å². The number of anilines is 1. The molecule has 0 saturated carbocycles. The fourth-order valence-corrected chi connectivity index (χ4v) is 5.59. The van der Waals surface area contributed by atoms with Crippen LogP contribution in [0.4, 0.5) is 5.69 Å². The van der Waals surface area contributed by atoms with Gasteiger partial charge in [0.25, 0.3) is 15.9 Å². The second kappa shape index (κ2) is 8.30. The molecule has 0 aromatic heterocycles. The van der Waals surface area contributed by atoms with Gasteiger partial charge >= 0.3 is 0 Å². The van der Waals surface area contributed by atoms with E-state index >= 15 is 0 Å². The first-order valence-electron chi connectivity index (χ1n) is 10.1. The van der Waals surface area contributed by atoms with Crippen LogP contribution in [0, 0.1) is 6.92 Å². The number of amidine groups is 1. The van der Waals surface area contributed by atoms with E-state index in [0.717, 1.165) is 11.8 Å². The number of sulfone groups is 1. The number of carbonyl (C=O) groups is 1. The number of piperazine rings is 1. The standard InChI is InChI=1S/C21H24N4O5S2/c1-15-3-8-18-19(13-15)32(29,30)23-20(22-18)14-24-9-11-25(12-10-24)21(26)16-4-6-17(7-5-16)31(2,27)28/h3-8,13H,9-12,14H2,1-2H3,(H,22,23). The Morgan fingerprint density at radius 1 is 1.06 bits per heavy atom. The molecule has 1 N–H and O–H groups in total. The lowest BCUT2D eigenvalue weighted by Crippen LogP contribution is -2.50. The molecule has 2 aromatic carbocycles. The first kappa shape index (κ1) is 22.4. The van der Waals surface area contributed by atoms with Crippen LogP contribution < -0.4 is 5.32 Å². The summed E-state index contributed by atoms with van der Waals surface area (Å²) in [5.41, 5.74) is 1.80. The topological polar surface area (TPSA) is 116 Å². The fourth-order valence-electron chi connectivity index (χ4n) is 3.74. The number of aryl methyl sites for hydroxylation is 1. The monoisotopic (exact) mass is 476 g/mol. The van der Waals surface area contributed by atoms with Crippen molar-refractivity contribution in [2.45, 2.75) is 16.7 Å². The average Bonchev–Trinajstić information content (AvgIpc) is 2.73. The summed E-state index contributed by atoms with van der Waals surface area (Å²) >= 11 is 0. The molecule has 0 aliphatic carbocycles. The van der Waals surface area contributed by atoms with Crippen LogP contribution in [-0.2, 0) is 19.9 Å². The minimum absolute atomic E-state index is 0.162. The van der Waals surface area contributed by atoms with Gasteiger partial charge in [-0.05, 0) is 48.9 Å². The molecule has 1 fully saturated rings. The Hall–Kier alpha value is -2.76. The SMILES string of the molecule is Cc1ccc2c(c1)S(=O)(=O)N=C(CN1CCN(C(=O)c3ccc(S(C)(=O)=O)cc3)CC1)N2. The first-order chi connectivity index (χ1) is 15.0. The van der Waals surface area contributed by atoms with Crippen LogP contribution in [0.1, 0.15) is 15.9 Å². The van der Waals surface area contributed by atoms with Crippen molar-refractivity contribution in [3.63, 3.8) is 0 Å². The van der Waals surface area contributed by atoms with Gasteiger partial charge in [-0.25, -0.2) is 8.42 Å². The molecule has 0 radical (unpaired) electrons. The van der Waals surface area contributed by atoms with Gasteiger partial charge in [0.15, 0.2) is 9.84 Å². The zero-order valence-corrected chi connectivity index (χ0v) is 19.4. The molecule has 32 heavy (non-hydrogen) atoms. The highest BCUT2D eigenvalue weighted by atomic mass is 32.2. The van der Waals surface area contributed by atoms with Crippen LogP contribution in [0.3, 0.4) is 0 Å². The van der Waals surface area contributed by atoms with Crippen molar-refractivity contribution in [2.75, 3.05) is 44.3 Å². The molecule has 1 amide bonds. The van der Waals surface area contributed by atoms with Crippen molar-refractivity contribution in [1.29, 1.82) is 0 Å².